The van der Waals surface area contributed by atoms with E-state index in [0.29, 0.717) is 19.3 Å². The molecule has 2 aromatic rings. The van der Waals surface area contributed by atoms with E-state index in [1.807, 2.05) is 60.7 Å². The first kappa shape index (κ1) is 33.6. The Bertz CT molecular complexity index is 1280. The highest BCUT2D eigenvalue weighted by molar-refractivity contribution is 5.98. The second-order valence-electron chi connectivity index (χ2n) is 9.61. The minimum absolute atomic E-state index is 0.0592. The molecule has 0 radical (unpaired) electrons. The summed E-state index contributed by atoms with van der Waals surface area (Å²) >= 11 is 0. The van der Waals surface area contributed by atoms with Crippen molar-refractivity contribution >= 4 is 35.5 Å². The van der Waals surface area contributed by atoms with Crippen molar-refractivity contribution in [1.82, 2.24) is 0 Å². The van der Waals surface area contributed by atoms with Crippen LogP contribution in [-0.2, 0) is 19.1 Å². The van der Waals surface area contributed by atoms with Crippen molar-refractivity contribution in [3.63, 3.8) is 0 Å². The third-order valence-corrected chi connectivity index (χ3v) is 6.71. The Hall–Kier alpha value is -4.56. The van der Waals surface area contributed by atoms with Gasteiger partial charge in [-0.15, -0.1) is 0 Å². The van der Waals surface area contributed by atoms with Gasteiger partial charge < -0.3 is 19.3 Å². The molecule has 0 saturated heterocycles. The van der Waals surface area contributed by atoms with Crippen LogP contribution in [0.4, 0.5) is 11.4 Å². The van der Waals surface area contributed by atoms with Gasteiger partial charge in [0.25, 0.3) is 0 Å². The van der Waals surface area contributed by atoms with Crippen molar-refractivity contribution in [1.29, 1.82) is 10.5 Å². The van der Waals surface area contributed by atoms with Crippen LogP contribution >= 0.6 is 0 Å². The Morgan fingerprint density at radius 3 is 1.43 bits per heavy atom. The number of unbranched alkanes of at least 4 members (excludes halogenated alkanes) is 2. The average molecular weight is 571 g/mol. The van der Waals surface area contributed by atoms with E-state index in [4.69, 9.17) is 9.47 Å². The molecule has 2 aromatic carbocycles. The molecule has 42 heavy (non-hydrogen) atoms. The van der Waals surface area contributed by atoms with E-state index >= 15 is 0 Å². The standard InChI is InChI=1S/C34H42N4O4/c1-5-20-38(8-4)32-18-14-28(15-19-32)24-30(26-36)34(40)42-22-11-9-10-21-41-33(39)29(25-35)23-27-12-16-31(17-13-27)37(6-2)7-3/h12-19,23-24H,5-11,20-22H2,1-4H3/b29-23+,30-24+. The zero-order valence-electron chi connectivity index (χ0n) is 25.3. The number of hydrogen-bond donors (Lipinski definition) is 0. The van der Waals surface area contributed by atoms with Crippen LogP contribution in [0.2, 0.25) is 0 Å². The Balaban J connectivity index is 1.75. The first-order chi connectivity index (χ1) is 20.4. The first-order valence-electron chi connectivity index (χ1n) is 14.7. The summed E-state index contributed by atoms with van der Waals surface area (Å²) in [6.45, 7) is 12.4. The molecule has 0 aliphatic heterocycles. The van der Waals surface area contributed by atoms with E-state index in [9.17, 15) is 20.1 Å². The van der Waals surface area contributed by atoms with Crippen molar-refractivity contribution in [3.8, 4) is 12.1 Å². The van der Waals surface area contributed by atoms with E-state index < -0.39 is 11.9 Å². The van der Waals surface area contributed by atoms with E-state index in [2.05, 4.69) is 37.5 Å². The molecule has 0 N–H and O–H groups in total. The van der Waals surface area contributed by atoms with Gasteiger partial charge in [0.1, 0.15) is 23.3 Å². The molecule has 0 heterocycles. The average Bonchev–Trinajstić information content (AvgIpc) is 3.02. The van der Waals surface area contributed by atoms with Gasteiger partial charge in [-0.1, -0.05) is 31.2 Å². The summed E-state index contributed by atoms with van der Waals surface area (Å²) in [4.78, 5) is 29.2. The van der Waals surface area contributed by atoms with E-state index in [-0.39, 0.29) is 24.4 Å². The van der Waals surface area contributed by atoms with E-state index in [1.165, 1.54) is 12.2 Å². The summed E-state index contributed by atoms with van der Waals surface area (Å²) < 4.78 is 10.5. The number of carbonyl (C=O) groups is 2. The van der Waals surface area contributed by atoms with Crippen LogP contribution in [0.15, 0.2) is 59.7 Å². The topological polar surface area (TPSA) is 107 Å². The monoisotopic (exact) mass is 570 g/mol. The van der Waals surface area contributed by atoms with Crippen molar-refractivity contribution in [2.24, 2.45) is 0 Å². The van der Waals surface area contributed by atoms with Gasteiger partial charge in [-0.3, -0.25) is 0 Å². The minimum Gasteiger partial charge on any atom is -0.462 e. The molecular formula is C34H42N4O4. The van der Waals surface area contributed by atoms with Gasteiger partial charge in [0.15, 0.2) is 0 Å². The van der Waals surface area contributed by atoms with Gasteiger partial charge in [0.2, 0.25) is 0 Å². The Kier molecular flexibility index (Phi) is 15.0. The quantitative estimate of drug-likeness (QED) is 0.0913. The Morgan fingerprint density at radius 1 is 0.667 bits per heavy atom. The number of anilines is 2. The van der Waals surface area contributed by atoms with E-state index in [0.717, 1.165) is 55.1 Å². The zero-order chi connectivity index (χ0) is 30.7. The number of nitrogens with zero attached hydrogens (tertiary/aromatic N) is 4. The highest BCUT2D eigenvalue weighted by atomic mass is 16.5. The molecule has 8 heteroatoms. The molecule has 0 aromatic heterocycles. The van der Waals surface area contributed by atoms with Crippen LogP contribution in [0.25, 0.3) is 12.2 Å². The number of hydrogen-bond acceptors (Lipinski definition) is 8. The number of esters is 2. The lowest BCUT2D eigenvalue weighted by Crippen LogP contribution is -2.23. The van der Waals surface area contributed by atoms with Crippen LogP contribution in [0.3, 0.4) is 0 Å². The smallest absolute Gasteiger partial charge is 0.348 e. The fourth-order valence-corrected chi connectivity index (χ4v) is 4.36. The van der Waals surface area contributed by atoms with Crippen LogP contribution in [-0.4, -0.2) is 51.3 Å². The highest BCUT2D eigenvalue weighted by Crippen LogP contribution is 2.19. The van der Waals surface area contributed by atoms with Crippen molar-refractivity contribution in [2.75, 3.05) is 49.2 Å². The van der Waals surface area contributed by atoms with Crippen molar-refractivity contribution < 1.29 is 19.1 Å². The Morgan fingerprint density at radius 2 is 1.07 bits per heavy atom. The van der Waals surface area contributed by atoms with Crippen LogP contribution in [0.1, 0.15) is 64.5 Å². The molecule has 0 saturated carbocycles. The number of benzene rings is 2. The molecule has 222 valence electrons. The molecule has 0 amide bonds. The second-order valence-corrected chi connectivity index (χ2v) is 9.61. The molecule has 0 aliphatic carbocycles. The fraction of sp³-hybridized carbons (Fsp3) is 0.412. The van der Waals surface area contributed by atoms with E-state index in [1.54, 1.807) is 0 Å². The minimum atomic E-state index is -0.665. The molecular weight excluding hydrogens is 528 g/mol. The number of carbonyl (C=O) groups excluding carboxylic acids is 2. The first-order valence-corrected chi connectivity index (χ1v) is 14.7. The molecule has 0 atom stereocenters. The lowest BCUT2D eigenvalue weighted by Gasteiger charge is -2.22. The zero-order valence-corrected chi connectivity index (χ0v) is 25.3. The SMILES string of the molecule is CCCN(CC)c1ccc(/C=C(\C#N)C(=O)OCCCCCOC(=O)/C(C#N)=C/c2ccc(N(CC)CC)cc2)cc1. The summed E-state index contributed by atoms with van der Waals surface area (Å²) in [6, 6.07) is 19.3. The normalized spacial score (nSPS) is 11.3. The maximum atomic E-state index is 12.4. The van der Waals surface area contributed by atoms with Gasteiger partial charge in [0.05, 0.1) is 13.2 Å². The largest absolute Gasteiger partial charge is 0.462 e. The fourth-order valence-electron chi connectivity index (χ4n) is 4.36. The molecule has 0 spiro atoms. The lowest BCUT2D eigenvalue weighted by atomic mass is 10.1. The molecule has 0 aliphatic rings. The van der Waals surface area contributed by atoms with Crippen molar-refractivity contribution in [3.05, 3.63) is 70.8 Å². The summed E-state index contributed by atoms with van der Waals surface area (Å²) in [5, 5.41) is 18.9. The second kappa shape index (κ2) is 18.7. The third-order valence-electron chi connectivity index (χ3n) is 6.71. The molecule has 0 bridgehead atoms. The predicted octanol–water partition coefficient (Wildman–Crippen LogP) is 6.54. The van der Waals surface area contributed by atoms with Crippen LogP contribution in [0.5, 0.6) is 0 Å². The Labute approximate surface area is 250 Å². The number of rotatable bonds is 17. The van der Waals surface area contributed by atoms with Gasteiger partial charge in [-0.05, 0) is 94.0 Å². The highest BCUT2D eigenvalue weighted by Gasteiger charge is 2.13. The maximum absolute atomic E-state index is 12.4. The predicted molar refractivity (Wildman–Crippen MR) is 168 cm³/mol. The third kappa shape index (κ3) is 10.8. The number of nitriles is 2. The molecule has 0 unspecified atom stereocenters. The summed E-state index contributed by atoms with van der Waals surface area (Å²) in [6.07, 6.45) is 5.87. The van der Waals surface area contributed by atoms with Crippen molar-refractivity contribution in [2.45, 2.75) is 53.4 Å². The van der Waals surface area contributed by atoms with Gasteiger partial charge in [0, 0.05) is 37.6 Å². The van der Waals surface area contributed by atoms with Gasteiger partial charge in [-0.25, -0.2) is 9.59 Å². The maximum Gasteiger partial charge on any atom is 0.348 e. The van der Waals surface area contributed by atoms with Gasteiger partial charge in [-0.2, -0.15) is 10.5 Å². The summed E-state index contributed by atoms with van der Waals surface area (Å²) in [7, 11) is 0. The summed E-state index contributed by atoms with van der Waals surface area (Å²) in [5.41, 5.74) is 3.57. The molecule has 0 fully saturated rings. The number of ether oxygens (including phenoxy) is 2. The van der Waals surface area contributed by atoms with Crippen LogP contribution in [0, 0.1) is 22.7 Å². The van der Waals surface area contributed by atoms with Crippen LogP contribution < -0.4 is 9.80 Å². The van der Waals surface area contributed by atoms with Gasteiger partial charge >= 0.3 is 11.9 Å². The molecule has 2 rings (SSSR count). The lowest BCUT2D eigenvalue weighted by molar-refractivity contribution is -0.138. The molecule has 8 nitrogen and oxygen atoms in total. The summed E-state index contributed by atoms with van der Waals surface area (Å²) in [5.74, 6) is -1.33.